The molecule has 0 bridgehead atoms. The van der Waals surface area contributed by atoms with Crippen LogP contribution in [-0.4, -0.2) is 17.5 Å². The molecule has 3 unspecified atom stereocenters. The van der Waals surface area contributed by atoms with Crippen LogP contribution in [0.5, 0.6) is 0 Å². The maximum atomic E-state index is 2.80. The topological polar surface area (TPSA) is 3.24 Å². The quantitative estimate of drug-likeness (QED) is 0.717. The summed E-state index contributed by atoms with van der Waals surface area (Å²) in [4.78, 5) is 4.40. The zero-order valence-corrected chi connectivity index (χ0v) is 12.3. The number of rotatable bonds is 1. The third-order valence-corrected chi connectivity index (χ3v) is 6.23. The Balaban J connectivity index is 1.71. The van der Waals surface area contributed by atoms with Gasteiger partial charge in [-0.3, -0.25) is 4.90 Å². The fourth-order valence-electron chi connectivity index (χ4n) is 4.07. The van der Waals surface area contributed by atoms with E-state index in [4.69, 9.17) is 0 Å². The van der Waals surface area contributed by atoms with E-state index in [0.717, 1.165) is 12.0 Å². The van der Waals surface area contributed by atoms with Crippen molar-refractivity contribution in [1.82, 2.24) is 4.90 Å². The van der Waals surface area contributed by atoms with Gasteiger partial charge in [-0.05, 0) is 49.2 Å². The first-order valence-electron chi connectivity index (χ1n) is 7.57. The molecule has 19 heavy (non-hydrogen) atoms. The number of hydrogen-bond acceptors (Lipinski definition) is 2. The van der Waals surface area contributed by atoms with Crippen LogP contribution in [0.2, 0.25) is 0 Å². The van der Waals surface area contributed by atoms with Crippen molar-refractivity contribution in [2.75, 3.05) is 6.54 Å². The largest absolute Gasteiger partial charge is 0.292 e. The van der Waals surface area contributed by atoms with E-state index in [1.807, 2.05) is 11.3 Å². The lowest BCUT2D eigenvalue weighted by Gasteiger charge is -2.34. The van der Waals surface area contributed by atoms with Gasteiger partial charge in [0.05, 0.1) is 0 Å². The highest BCUT2D eigenvalue weighted by Crippen LogP contribution is 2.46. The van der Waals surface area contributed by atoms with E-state index in [0.29, 0.717) is 6.04 Å². The average molecular weight is 271 g/mol. The normalized spacial score (nSPS) is 31.7. The van der Waals surface area contributed by atoms with E-state index in [1.165, 1.54) is 42.3 Å². The van der Waals surface area contributed by atoms with Crippen molar-refractivity contribution in [1.29, 1.82) is 0 Å². The predicted octanol–water partition coefficient (Wildman–Crippen LogP) is 4.84. The average Bonchev–Trinajstić information content (AvgIpc) is 3.01. The molecule has 0 N–H and O–H groups in total. The maximum absolute atomic E-state index is 2.80. The SMILES string of the molecule is CC1CC(c2cc3ccccc3s2)N2CCCCC12. The highest BCUT2D eigenvalue weighted by molar-refractivity contribution is 7.19. The molecule has 0 saturated carbocycles. The Labute approximate surface area is 119 Å². The molecule has 3 heterocycles. The van der Waals surface area contributed by atoms with Crippen LogP contribution < -0.4 is 0 Å². The number of benzene rings is 1. The highest BCUT2D eigenvalue weighted by Gasteiger charge is 2.40. The van der Waals surface area contributed by atoms with Gasteiger partial charge in [0.1, 0.15) is 0 Å². The van der Waals surface area contributed by atoms with Gasteiger partial charge in [-0.2, -0.15) is 0 Å². The molecule has 1 aromatic heterocycles. The standard InChI is InChI=1S/C17H21NS/c1-12-10-15(18-9-5-4-7-14(12)18)17-11-13-6-2-3-8-16(13)19-17/h2-3,6,8,11-12,14-15H,4-5,7,9-10H2,1H3. The van der Waals surface area contributed by atoms with Crippen LogP contribution in [0.25, 0.3) is 10.1 Å². The molecule has 2 heteroatoms. The lowest BCUT2D eigenvalue weighted by atomic mass is 9.95. The molecular weight excluding hydrogens is 250 g/mol. The molecule has 0 aliphatic carbocycles. The van der Waals surface area contributed by atoms with Gasteiger partial charge in [-0.25, -0.2) is 0 Å². The van der Waals surface area contributed by atoms with Crippen LogP contribution in [0.15, 0.2) is 30.3 Å². The maximum Gasteiger partial charge on any atom is 0.0448 e. The number of nitrogens with zero attached hydrogens (tertiary/aromatic N) is 1. The third-order valence-electron chi connectivity index (χ3n) is 5.02. The van der Waals surface area contributed by atoms with Crippen molar-refractivity contribution in [3.05, 3.63) is 35.2 Å². The van der Waals surface area contributed by atoms with E-state index in [2.05, 4.69) is 42.2 Å². The molecule has 100 valence electrons. The third kappa shape index (κ3) is 1.93. The molecule has 0 spiro atoms. The molecule has 2 aromatic rings. The van der Waals surface area contributed by atoms with E-state index in [9.17, 15) is 0 Å². The molecule has 0 radical (unpaired) electrons. The molecule has 1 aromatic carbocycles. The van der Waals surface area contributed by atoms with E-state index >= 15 is 0 Å². The Kier molecular flexibility index (Phi) is 2.89. The summed E-state index contributed by atoms with van der Waals surface area (Å²) < 4.78 is 1.45. The fourth-order valence-corrected chi connectivity index (χ4v) is 5.27. The Hall–Kier alpha value is -0.860. The number of piperidine rings is 1. The van der Waals surface area contributed by atoms with Crippen LogP contribution in [-0.2, 0) is 0 Å². The van der Waals surface area contributed by atoms with Gasteiger partial charge in [-0.1, -0.05) is 31.5 Å². The van der Waals surface area contributed by atoms with Crippen molar-refractivity contribution in [2.24, 2.45) is 5.92 Å². The lowest BCUT2D eigenvalue weighted by Crippen LogP contribution is -2.37. The van der Waals surface area contributed by atoms with Crippen molar-refractivity contribution in [3.63, 3.8) is 0 Å². The summed E-state index contributed by atoms with van der Waals surface area (Å²) in [6, 6.07) is 12.8. The second-order valence-electron chi connectivity index (χ2n) is 6.22. The summed E-state index contributed by atoms with van der Waals surface area (Å²) in [5.41, 5.74) is 0. The Morgan fingerprint density at radius 3 is 3.00 bits per heavy atom. The van der Waals surface area contributed by atoms with E-state index in [1.54, 1.807) is 4.88 Å². The van der Waals surface area contributed by atoms with Crippen molar-refractivity contribution in [2.45, 2.75) is 44.7 Å². The van der Waals surface area contributed by atoms with Crippen molar-refractivity contribution < 1.29 is 0 Å². The minimum absolute atomic E-state index is 0.692. The Morgan fingerprint density at radius 2 is 2.11 bits per heavy atom. The van der Waals surface area contributed by atoms with Gasteiger partial charge in [0.2, 0.25) is 0 Å². The fraction of sp³-hybridized carbons (Fsp3) is 0.529. The van der Waals surface area contributed by atoms with Gasteiger partial charge >= 0.3 is 0 Å². The van der Waals surface area contributed by atoms with Gasteiger partial charge in [0, 0.05) is 21.7 Å². The van der Waals surface area contributed by atoms with Crippen molar-refractivity contribution in [3.8, 4) is 0 Å². The molecule has 3 atom stereocenters. The van der Waals surface area contributed by atoms with Crippen LogP contribution in [0, 0.1) is 5.92 Å². The van der Waals surface area contributed by atoms with Gasteiger partial charge in [0.25, 0.3) is 0 Å². The second-order valence-corrected chi connectivity index (χ2v) is 7.33. The van der Waals surface area contributed by atoms with Crippen LogP contribution in [0.1, 0.15) is 43.5 Å². The molecule has 4 rings (SSSR count). The van der Waals surface area contributed by atoms with Crippen LogP contribution in [0.4, 0.5) is 0 Å². The first kappa shape index (κ1) is 11.9. The minimum Gasteiger partial charge on any atom is -0.292 e. The molecule has 2 saturated heterocycles. The second kappa shape index (κ2) is 4.60. The number of thiophene rings is 1. The summed E-state index contributed by atoms with van der Waals surface area (Å²) in [7, 11) is 0. The molecule has 0 amide bonds. The molecule has 2 aliphatic rings. The summed E-state index contributed by atoms with van der Waals surface area (Å²) >= 11 is 2.01. The first-order valence-corrected chi connectivity index (χ1v) is 8.39. The summed E-state index contributed by atoms with van der Waals surface area (Å²) in [6.45, 7) is 3.77. The minimum atomic E-state index is 0.692. The highest BCUT2D eigenvalue weighted by atomic mass is 32.1. The van der Waals surface area contributed by atoms with Crippen LogP contribution >= 0.6 is 11.3 Å². The van der Waals surface area contributed by atoms with Gasteiger partial charge < -0.3 is 0 Å². The predicted molar refractivity (Wildman–Crippen MR) is 82.7 cm³/mol. The summed E-state index contributed by atoms with van der Waals surface area (Å²) in [6.07, 6.45) is 5.61. The zero-order valence-electron chi connectivity index (χ0n) is 11.5. The summed E-state index contributed by atoms with van der Waals surface area (Å²) in [5.74, 6) is 0.871. The molecule has 2 fully saturated rings. The van der Waals surface area contributed by atoms with Crippen LogP contribution in [0.3, 0.4) is 0 Å². The molecular formula is C17H21NS. The molecule has 1 nitrogen and oxygen atoms in total. The molecule has 2 aliphatic heterocycles. The van der Waals surface area contributed by atoms with Gasteiger partial charge in [-0.15, -0.1) is 11.3 Å². The Morgan fingerprint density at radius 1 is 1.21 bits per heavy atom. The van der Waals surface area contributed by atoms with Gasteiger partial charge in [0.15, 0.2) is 0 Å². The van der Waals surface area contributed by atoms with E-state index in [-0.39, 0.29) is 0 Å². The smallest absolute Gasteiger partial charge is 0.0448 e. The lowest BCUT2D eigenvalue weighted by molar-refractivity contribution is 0.139. The number of hydrogen-bond donors (Lipinski definition) is 0. The van der Waals surface area contributed by atoms with E-state index < -0.39 is 0 Å². The Bertz CT molecular complexity index is 555. The summed E-state index contributed by atoms with van der Waals surface area (Å²) in [5, 5.41) is 1.43. The monoisotopic (exact) mass is 271 g/mol. The first-order chi connectivity index (χ1) is 9.33. The van der Waals surface area contributed by atoms with Crippen molar-refractivity contribution >= 4 is 21.4 Å². The number of fused-ring (bicyclic) bond motifs is 2. The zero-order chi connectivity index (χ0) is 12.8.